The number of hydrogen-bond acceptors (Lipinski definition) is 2. The third-order valence-corrected chi connectivity index (χ3v) is 3.62. The van der Waals surface area contributed by atoms with E-state index in [0.29, 0.717) is 0 Å². The first-order valence-corrected chi connectivity index (χ1v) is 5.83. The van der Waals surface area contributed by atoms with Crippen molar-refractivity contribution in [3.05, 3.63) is 28.8 Å². The number of rotatable bonds is 3. The lowest BCUT2D eigenvalue weighted by molar-refractivity contribution is 0.0852. The van der Waals surface area contributed by atoms with Gasteiger partial charge in [-0.25, -0.2) is 0 Å². The molecule has 1 aliphatic carbocycles. The SMILES string of the molecule is COc1c(C(=O)C2CCC2)ccc(C)c1C. The number of ether oxygens (including phenoxy) is 1. The van der Waals surface area contributed by atoms with E-state index in [0.717, 1.165) is 29.7 Å². The van der Waals surface area contributed by atoms with Gasteiger partial charge in [-0.2, -0.15) is 0 Å². The quantitative estimate of drug-likeness (QED) is 0.728. The van der Waals surface area contributed by atoms with Gasteiger partial charge in [-0.15, -0.1) is 0 Å². The van der Waals surface area contributed by atoms with E-state index >= 15 is 0 Å². The van der Waals surface area contributed by atoms with Crippen LogP contribution in [0, 0.1) is 19.8 Å². The largest absolute Gasteiger partial charge is 0.496 e. The topological polar surface area (TPSA) is 26.3 Å². The van der Waals surface area contributed by atoms with Gasteiger partial charge in [0.05, 0.1) is 12.7 Å². The highest BCUT2D eigenvalue weighted by molar-refractivity contribution is 6.01. The number of Topliss-reactive ketones (excluding diaryl/α,β-unsaturated/α-hetero) is 1. The Labute approximate surface area is 96.6 Å². The minimum Gasteiger partial charge on any atom is -0.496 e. The molecule has 2 nitrogen and oxygen atoms in total. The van der Waals surface area contributed by atoms with Crippen LogP contribution in [0.25, 0.3) is 0 Å². The maximum absolute atomic E-state index is 12.2. The normalized spacial score (nSPS) is 15.7. The first kappa shape index (κ1) is 11.2. The second-order valence-electron chi connectivity index (χ2n) is 4.58. The van der Waals surface area contributed by atoms with E-state index in [1.54, 1.807) is 7.11 Å². The van der Waals surface area contributed by atoms with Gasteiger partial charge in [0, 0.05) is 5.92 Å². The van der Waals surface area contributed by atoms with Gasteiger partial charge in [0.15, 0.2) is 5.78 Å². The van der Waals surface area contributed by atoms with Gasteiger partial charge in [-0.1, -0.05) is 12.5 Å². The maximum atomic E-state index is 12.2. The summed E-state index contributed by atoms with van der Waals surface area (Å²) < 4.78 is 5.38. The minimum absolute atomic E-state index is 0.232. The molecule has 0 radical (unpaired) electrons. The summed E-state index contributed by atoms with van der Waals surface area (Å²) in [5.74, 6) is 1.25. The summed E-state index contributed by atoms with van der Waals surface area (Å²) in [5.41, 5.74) is 3.00. The van der Waals surface area contributed by atoms with Gasteiger partial charge in [-0.3, -0.25) is 4.79 Å². The molecule has 0 atom stereocenters. The Bertz CT molecular complexity index is 417. The molecule has 1 aromatic rings. The lowest BCUT2D eigenvalue weighted by Crippen LogP contribution is -2.22. The molecule has 0 saturated heterocycles. The monoisotopic (exact) mass is 218 g/mol. The fraction of sp³-hybridized carbons (Fsp3) is 0.500. The Kier molecular flexibility index (Phi) is 2.99. The number of aryl methyl sites for hydroxylation is 1. The molecule has 1 fully saturated rings. The maximum Gasteiger partial charge on any atom is 0.169 e. The molecule has 0 bridgehead atoms. The van der Waals surface area contributed by atoms with E-state index in [1.807, 2.05) is 26.0 Å². The van der Waals surface area contributed by atoms with E-state index in [-0.39, 0.29) is 11.7 Å². The standard InChI is InChI=1S/C14H18O2/c1-9-7-8-12(14(16-3)10(9)2)13(15)11-5-4-6-11/h7-8,11H,4-6H2,1-3H3. The Morgan fingerprint density at radius 3 is 2.50 bits per heavy atom. The van der Waals surface area contributed by atoms with Crippen LogP contribution in [0.15, 0.2) is 12.1 Å². The second kappa shape index (κ2) is 4.28. The average molecular weight is 218 g/mol. The number of carbonyl (C=O) groups is 1. The van der Waals surface area contributed by atoms with Crippen molar-refractivity contribution >= 4 is 5.78 Å². The predicted molar refractivity (Wildman–Crippen MR) is 64.1 cm³/mol. The van der Waals surface area contributed by atoms with Crippen molar-refractivity contribution in [2.75, 3.05) is 7.11 Å². The zero-order chi connectivity index (χ0) is 11.7. The smallest absolute Gasteiger partial charge is 0.169 e. The fourth-order valence-corrected chi connectivity index (χ4v) is 2.14. The molecule has 0 N–H and O–H groups in total. The molecule has 2 rings (SSSR count). The lowest BCUT2D eigenvalue weighted by atomic mass is 9.79. The minimum atomic E-state index is 0.232. The summed E-state index contributed by atoms with van der Waals surface area (Å²) in [4.78, 5) is 12.2. The van der Waals surface area contributed by atoms with Gasteiger partial charge >= 0.3 is 0 Å². The Hall–Kier alpha value is -1.31. The Balaban J connectivity index is 2.39. The van der Waals surface area contributed by atoms with Crippen molar-refractivity contribution in [3.8, 4) is 5.75 Å². The van der Waals surface area contributed by atoms with Crippen LogP contribution in [0.4, 0.5) is 0 Å². The molecular weight excluding hydrogens is 200 g/mol. The highest BCUT2D eigenvalue weighted by Gasteiger charge is 2.28. The van der Waals surface area contributed by atoms with Crippen molar-refractivity contribution in [1.82, 2.24) is 0 Å². The molecule has 0 aliphatic heterocycles. The number of hydrogen-bond donors (Lipinski definition) is 0. The summed E-state index contributed by atoms with van der Waals surface area (Å²) in [5, 5.41) is 0. The molecule has 0 unspecified atom stereocenters. The second-order valence-corrected chi connectivity index (χ2v) is 4.58. The Morgan fingerprint density at radius 2 is 2.00 bits per heavy atom. The molecule has 1 aromatic carbocycles. The van der Waals surface area contributed by atoms with Crippen LogP contribution in [0.2, 0.25) is 0 Å². The van der Waals surface area contributed by atoms with Crippen LogP contribution >= 0.6 is 0 Å². The summed E-state index contributed by atoms with van der Waals surface area (Å²) in [6.45, 7) is 4.04. The van der Waals surface area contributed by atoms with Gasteiger partial charge in [0.2, 0.25) is 0 Å². The van der Waals surface area contributed by atoms with Crippen molar-refractivity contribution in [2.45, 2.75) is 33.1 Å². The number of ketones is 1. The van der Waals surface area contributed by atoms with Crippen LogP contribution in [0.1, 0.15) is 40.7 Å². The molecule has 2 heteroatoms. The van der Waals surface area contributed by atoms with Gasteiger partial charge in [-0.05, 0) is 43.9 Å². The molecular formula is C14H18O2. The van der Waals surface area contributed by atoms with Crippen LogP contribution < -0.4 is 4.74 Å². The van der Waals surface area contributed by atoms with E-state index in [9.17, 15) is 4.79 Å². The molecule has 0 aromatic heterocycles. The molecule has 0 amide bonds. The first-order chi connectivity index (χ1) is 7.65. The van der Waals surface area contributed by atoms with Gasteiger partial charge < -0.3 is 4.74 Å². The summed E-state index contributed by atoms with van der Waals surface area (Å²) in [7, 11) is 1.64. The lowest BCUT2D eigenvalue weighted by Gasteiger charge is -2.25. The third-order valence-electron chi connectivity index (χ3n) is 3.62. The zero-order valence-corrected chi connectivity index (χ0v) is 10.2. The van der Waals surface area contributed by atoms with Crippen LogP contribution in [0.5, 0.6) is 5.75 Å². The van der Waals surface area contributed by atoms with Crippen LogP contribution in [0.3, 0.4) is 0 Å². The van der Waals surface area contributed by atoms with Gasteiger partial charge in [0.1, 0.15) is 5.75 Å². The average Bonchev–Trinajstić information content (AvgIpc) is 2.19. The van der Waals surface area contributed by atoms with Crippen LogP contribution in [-0.4, -0.2) is 12.9 Å². The molecule has 0 heterocycles. The van der Waals surface area contributed by atoms with E-state index in [2.05, 4.69) is 0 Å². The molecule has 1 aliphatic rings. The third kappa shape index (κ3) is 1.73. The highest BCUT2D eigenvalue weighted by atomic mass is 16.5. The zero-order valence-electron chi connectivity index (χ0n) is 10.2. The van der Waals surface area contributed by atoms with E-state index < -0.39 is 0 Å². The molecule has 0 spiro atoms. The Morgan fingerprint density at radius 1 is 1.31 bits per heavy atom. The number of carbonyl (C=O) groups excluding carboxylic acids is 1. The predicted octanol–water partition coefficient (Wildman–Crippen LogP) is 3.29. The summed E-state index contributed by atoms with van der Waals surface area (Å²) >= 11 is 0. The van der Waals surface area contributed by atoms with Crippen LogP contribution in [-0.2, 0) is 0 Å². The number of methoxy groups -OCH3 is 1. The van der Waals surface area contributed by atoms with Crippen molar-refractivity contribution in [1.29, 1.82) is 0 Å². The molecule has 16 heavy (non-hydrogen) atoms. The van der Waals surface area contributed by atoms with E-state index in [1.165, 1.54) is 12.0 Å². The summed E-state index contributed by atoms with van der Waals surface area (Å²) in [6, 6.07) is 3.91. The highest BCUT2D eigenvalue weighted by Crippen LogP contribution is 2.34. The number of benzene rings is 1. The molecule has 86 valence electrons. The van der Waals surface area contributed by atoms with Crippen molar-refractivity contribution < 1.29 is 9.53 Å². The fourth-order valence-electron chi connectivity index (χ4n) is 2.14. The first-order valence-electron chi connectivity index (χ1n) is 5.83. The van der Waals surface area contributed by atoms with Crippen molar-refractivity contribution in [2.24, 2.45) is 5.92 Å². The van der Waals surface area contributed by atoms with Crippen molar-refractivity contribution in [3.63, 3.8) is 0 Å². The van der Waals surface area contributed by atoms with Gasteiger partial charge in [0.25, 0.3) is 0 Å². The van der Waals surface area contributed by atoms with E-state index in [4.69, 9.17) is 4.74 Å². The summed E-state index contributed by atoms with van der Waals surface area (Å²) in [6.07, 6.45) is 3.26. The molecule has 1 saturated carbocycles.